The van der Waals surface area contributed by atoms with Gasteiger partial charge in [-0.05, 0) is 66.6 Å². The predicted octanol–water partition coefficient (Wildman–Crippen LogP) is 7.18. The molecule has 1 N–H and O–H groups in total. The van der Waals surface area contributed by atoms with E-state index in [2.05, 4.69) is 34.5 Å². The molecule has 1 heterocycles. The zero-order valence-corrected chi connectivity index (χ0v) is 25.9. The van der Waals surface area contributed by atoms with Crippen molar-refractivity contribution in [2.45, 2.75) is 56.1 Å². The van der Waals surface area contributed by atoms with Crippen LogP contribution >= 0.6 is 46.4 Å². The predicted molar refractivity (Wildman–Crippen MR) is 167 cm³/mol. The van der Waals surface area contributed by atoms with Crippen molar-refractivity contribution in [2.24, 2.45) is 0 Å². The molecule has 9 heteroatoms. The van der Waals surface area contributed by atoms with E-state index in [-0.39, 0.29) is 24.3 Å². The number of nitrogens with zero attached hydrogens (tertiary/aromatic N) is 2. The Balaban J connectivity index is 1.31. The van der Waals surface area contributed by atoms with Gasteiger partial charge in [-0.25, -0.2) is 0 Å². The summed E-state index contributed by atoms with van der Waals surface area (Å²) in [6, 6.07) is 20.1. The third-order valence-corrected chi connectivity index (χ3v) is 9.51. The summed E-state index contributed by atoms with van der Waals surface area (Å²) in [6.45, 7) is 2.69. The van der Waals surface area contributed by atoms with Gasteiger partial charge >= 0.3 is 0 Å². The van der Waals surface area contributed by atoms with Crippen molar-refractivity contribution in [1.82, 2.24) is 15.1 Å². The molecular formula is C32H33Cl4N3O2. The fourth-order valence-corrected chi connectivity index (χ4v) is 6.83. The highest BCUT2D eigenvalue weighted by Gasteiger charge is 2.53. The van der Waals surface area contributed by atoms with Crippen LogP contribution in [-0.2, 0) is 28.0 Å². The van der Waals surface area contributed by atoms with Gasteiger partial charge in [0, 0.05) is 59.2 Å². The van der Waals surface area contributed by atoms with E-state index in [1.54, 1.807) is 30.3 Å². The lowest BCUT2D eigenvalue weighted by Gasteiger charge is -2.38. The van der Waals surface area contributed by atoms with E-state index >= 15 is 0 Å². The Kier molecular flexibility index (Phi) is 9.52. The third kappa shape index (κ3) is 7.03. The summed E-state index contributed by atoms with van der Waals surface area (Å²) in [5.74, 6) is -0.347. The molecular weight excluding hydrogens is 600 g/mol. The Morgan fingerprint density at radius 3 is 2.17 bits per heavy atom. The monoisotopic (exact) mass is 631 g/mol. The average molecular weight is 633 g/mol. The Morgan fingerprint density at radius 1 is 0.927 bits per heavy atom. The second kappa shape index (κ2) is 12.9. The molecule has 2 aliphatic rings. The fourth-order valence-electron chi connectivity index (χ4n) is 5.76. The quantitative estimate of drug-likeness (QED) is 0.272. The maximum atomic E-state index is 14.0. The highest BCUT2D eigenvalue weighted by atomic mass is 35.5. The standard InChI is InChI=1S/C32H33Cl4N3O2/c1-38(25-11-15-39(16-12-25)20-21-5-3-2-4-6-21)30(40)29(17-22-7-8-23(33)18-27(22)35)37-31(41)32(13-14-32)26-10-9-24(34)19-28(26)36/h2-10,18-19,25,29H,11-17,20H2,1H3,(H,37,41)/t29-/m0/s1. The zero-order chi connectivity index (χ0) is 29.1. The molecule has 216 valence electrons. The minimum absolute atomic E-state index is 0.0789. The van der Waals surface area contributed by atoms with Crippen LogP contribution < -0.4 is 5.32 Å². The molecule has 0 spiro atoms. The topological polar surface area (TPSA) is 52.7 Å². The molecule has 0 bridgehead atoms. The van der Waals surface area contributed by atoms with Crippen LogP contribution in [0.25, 0.3) is 0 Å². The number of likely N-dealkylation sites (N-methyl/N-ethyl adjacent to an activating group) is 1. The Morgan fingerprint density at radius 2 is 1.56 bits per heavy atom. The summed E-state index contributed by atoms with van der Waals surface area (Å²) in [5.41, 5.74) is 1.99. The molecule has 0 radical (unpaired) electrons. The van der Waals surface area contributed by atoms with Crippen molar-refractivity contribution in [2.75, 3.05) is 20.1 Å². The number of piperidine rings is 1. The summed E-state index contributed by atoms with van der Waals surface area (Å²) >= 11 is 25.2. The lowest BCUT2D eigenvalue weighted by molar-refractivity contribution is -0.138. The largest absolute Gasteiger partial charge is 0.343 e. The first kappa shape index (κ1) is 30.2. The summed E-state index contributed by atoms with van der Waals surface area (Å²) in [6.07, 6.45) is 3.28. The first-order valence-electron chi connectivity index (χ1n) is 13.9. The van der Waals surface area contributed by atoms with E-state index in [0.717, 1.165) is 43.6 Å². The maximum absolute atomic E-state index is 14.0. The third-order valence-electron chi connectivity index (χ3n) is 8.38. The van der Waals surface area contributed by atoms with Gasteiger partial charge in [0.2, 0.25) is 11.8 Å². The van der Waals surface area contributed by atoms with Gasteiger partial charge in [-0.15, -0.1) is 0 Å². The van der Waals surface area contributed by atoms with Crippen LogP contribution in [-0.4, -0.2) is 53.8 Å². The summed E-state index contributed by atoms with van der Waals surface area (Å²) in [4.78, 5) is 32.0. The van der Waals surface area contributed by atoms with Gasteiger partial charge in [-0.2, -0.15) is 0 Å². The molecule has 5 nitrogen and oxygen atoms in total. The number of benzene rings is 3. The zero-order valence-electron chi connectivity index (χ0n) is 22.9. The van der Waals surface area contributed by atoms with E-state index in [4.69, 9.17) is 46.4 Å². The van der Waals surface area contributed by atoms with Crippen LogP contribution in [0.2, 0.25) is 20.1 Å². The van der Waals surface area contributed by atoms with E-state index in [1.807, 2.05) is 24.1 Å². The van der Waals surface area contributed by atoms with Crippen molar-refractivity contribution in [3.8, 4) is 0 Å². The molecule has 2 fully saturated rings. The number of hydrogen-bond acceptors (Lipinski definition) is 3. The van der Waals surface area contributed by atoms with Gasteiger partial charge in [0.05, 0.1) is 5.41 Å². The Labute approximate surface area is 261 Å². The molecule has 0 unspecified atom stereocenters. The molecule has 0 aromatic heterocycles. The highest BCUT2D eigenvalue weighted by Crippen LogP contribution is 2.51. The average Bonchev–Trinajstić information content (AvgIpc) is 3.76. The fraction of sp³-hybridized carbons (Fsp3) is 0.375. The van der Waals surface area contributed by atoms with E-state index < -0.39 is 11.5 Å². The van der Waals surface area contributed by atoms with Crippen LogP contribution in [0.1, 0.15) is 42.4 Å². The lowest BCUT2D eigenvalue weighted by Crippen LogP contribution is -2.54. The molecule has 41 heavy (non-hydrogen) atoms. The van der Waals surface area contributed by atoms with Gasteiger partial charge in [-0.3, -0.25) is 14.5 Å². The normalized spacial score (nSPS) is 17.6. The first-order chi connectivity index (χ1) is 19.7. The second-order valence-corrected chi connectivity index (χ2v) is 12.8. The van der Waals surface area contributed by atoms with Crippen LogP contribution in [0.5, 0.6) is 0 Å². The molecule has 1 aliphatic carbocycles. The molecule has 5 rings (SSSR count). The van der Waals surface area contributed by atoms with Crippen LogP contribution in [0.15, 0.2) is 66.7 Å². The van der Waals surface area contributed by atoms with Crippen LogP contribution in [0.4, 0.5) is 0 Å². The number of hydrogen-bond donors (Lipinski definition) is 1. The number of carbonyl (C=O) groups is 2. The second-order valence-electron chi connectivity index (χ2n) is 11.1. The number of carbonyl (C=O) groups excluding carboxylic acids is 2. The number of likely N-dealkylation sites (tertiary alicyclic amines) is 1. The molecule has 3 aromatic rings. The maximum Gasteiger partial charge on any atom is 0.245 e. The van der Waals surface area contributed by atoms with Crippen LogP contribution in [0, 0.1) is 0 Å². The molecule has 2 amide bonds. The van der Waals surface area contributed by atoms with Gasteiger partial charge in [0.15, 0.2) is 0 Å². The van der Waals surface area contributed by atoms with Crippen LogP contribution in [0.3, 0.4) is 0 Å². The van der Waals surface area contributed by atoms with Crippen molar-refractivity contribution < 1.29 is 9.59 Å². The van der Waals surface area contributed by atoms with E-state index in [0.29, 0.717) is 32.9 Å². The lowest BCUT2D eigenvalue weighted by atomic mass is 9.93. The minimum Gasteiger partial charge on any atom is -0.343 e. The Hall–Kier alpha value is -2.28. The van der Waals surface area contributed by atoms with Crippen molar-refractivity contribution >= 4 is 58.2 Å². The number of nitrogens with one attached hydrogen (secondary N) is 1. The van der Waals surface area contributed by atoms with Gasteiger partial charge < -0.3 is 10.2 Å². The number of rotatable bonds is 9. The Bertz CT molecular complexity index is 1410. The highest BCUT2D eigenvalue weighted by molar-refractivity contribution is 6.35. The van der Waals surface area contributed by atoms with Gasteiger partial charge in [-0.1, -0.05) is 88.9 Å². The minimum atomic E-state index is -0.794. The molecule has 1 saturated heterocycles. The molecule has 1 atom stereocenters. The number of halogens is 4. The van der Waals surface area contributed by atoms with Gasteiger partial charge in [0.25, 0.3) is 0 Å². The molecule has 1 saturated carbocycles. The van der Waals surface area contributed by atoms with E-state index in [9.17, 15) is 9.59 Å². The summed E-state index contributed by atoms with van der Waals surface area (Å²) < 4.78 is 0. The first-order valence-corrected chi connectivity index (χ1v) is 15.4. The van der Waals surface area contributed by atoms with Crippen molar-refractivity contribution in [3.05, 3.63) is 104 Å². The summed E-state index contributed by atoms with van der Waals surface area (Å²) in [5, 5.41) is 5.03. The van der Waals surface area contributed by atoms with E-state index in [1.165, 1.54) is 5.56 Å². The molecule has 3 aromatic carbocycles. The smallest absolute Gasteiger partial charge is 0.245 e. The van der Waals surface area contributed by atoms with Crippen molar-refractivity contribution in [3.63, 3.8) is 0 Å². The van der Waals surface area contributed by atoms with Gasteiger partial charge in [0.1, 0.15) is 6.04 Å². The van der Waals surface area contributed by atoms with Crippen molar-refractivity contribution in [1.29, 1.82) is 0 Å². The summed E-state index contributed by atoms with van der Waals surface area (Å²) in [7, 11) is 1.84. The molecule has 1 aliphatic heterocycles. The number of amides is 2. The SMILES string of the molecule is CN(C(=O)[C@H](Cc1ccc(Cl)cc1Cl)NC(=O)C1(c2ccc(Cl)cc2Cl)CC1)C1CCN(Cc2ccccc2)CC1.